The highest BCUT2D eigenvalue weighted by Crippen LogP contribution is 2.25. The van der Waals surface area contributed by atoms with Gasteiger partial charge in [-0.3, -0.25) is 4.98 Å². The number of fused-ring (bicyclic) bond motifs is 1. The van der Waals surface area contributed by atoms with Crippen LogP contribution in [0.4, 0.5) is 10.2 Å². The number of pyridine rings is 1. The van der Waals surface area contributed by atoms with Gasteiger partial charge in [-0.2, -0.15) is 14.4 Å². The van der Waals surface area contributed by atoms with Gasteiger partial charge in [0.15, 0.2) is 17.0 Å². The summed E-state index contributed by atoms with van der Waals surface area (Å²) in [5.41, 5.74) is 1.66. The van der Waals surface area contributed by atoms with Gasteiger partial charge in [0.25, 0.3) is 0 Å². The lowest BCUT2D eigenvalue weighted by Gasteiger charge is -2.29. The Morgan fingerprint density at radius 1 is 1.30 bits per heavy atom. The molecule has 2 N–H and O–H groups in total. The third-order valence-corrected chi connectivity index (χ3v) is 3.51. The molecule has 3 aromatic rings. The quantitative estimate of drug-likeness (QED) is 0.534. The van der Waals surface area contributed by atoms with Crippen LogP contribution < -0.4 is 4.90 Å². The highest BCUT2D eigenvalue weighted by molar-refractivity contribution is 5.82. The standard InChI is InChI=1S/C15H17FN6O/c1-2-3-11(23)22(8-10-4-6-17-7-5-10)14-12-13(19-9-18-12)20-15(16)21-14/h4-7,9,11,23H,2-3,8H2,1H3,(H,18,19,20,21). The van der Waals surface area contributed by atoms with Gasteiger partial charge in [-0.25, -0.2) is 4.98 Å². The van der Waals surface area contributed by atoms with Crippen molar-refractivity contribution in [1.29, 1.82) is 0 Å². The van der Waals surface area contributed by atoms with E-state index < -0.39 is 12.3 Å². The zero-order chi connectivity index (χ0) is 16.2. The fraction of sp³-hybridized carbons (Fsp3) is 0.333. The Hall–Kier alpha value is -2.61. The van der Waals surface area contributed by atoms with Gasteiger partial charge in [-0.1, -0.05) is 13.3 Å². The van der Waals surface area contributed by atoms with Gasteiger partial charge in [0.05, 0.1) is 6.33 Å². The lowest BCUT2D eigenvalue weighted by molar-refractivity contribution is 0.155. The predicted octanol–water partition coefficient (Wildman–Crippen LogP) is 2.01. The average Bonchev–Trinajstić information content (AvgIpc) is 3.01. The van der Waals surface area contributed by atoms with Crippen LogP contribution in [0, 0.1) is 6.08 Å². The largest absolute Gasteiger partial charge is 0.374 e. The van der Waals surface area contributed by atoms with E-state index >= 15 is 0 Å². The normalized spacial score (nSPS) is 12.5. The Balaban J connectivity index is 2.04. The van der Waals surface area contributed by atoms with Crippen molar-refractivity contribution < 1.29 is 9.50 Å². The number of nitrogens with zero attached hydrogens (tertiary/aromatic N) is 5. The number of aromatic amines is 1. The van der Waals surface area contributed by atoms with E-state index in [2.05, 4.69) is 24.9 Å². The molecule has 0 spiro atoms. The van der Waals surface area contributed by atoms with Crippen molar-refractivity contribution in [2.75, 3.05) is 4.90 Å². The molecule has 1 atom stereocenters. The lowest BCUT2D eigenvalue weighted by atomic mass is 10.2. The summed E-state index contributed by atoms with van der Waals surface area (Å²) in [5, 5.41) is 10.5. The summed E-state index contributed by atoms with van der Waals surface area (Å²) >= 11 is 0. The summed E-state index contributed by atoms with van der Waals surface area (Å²) in [7, 11) is 0. The number of rotatable bonds is 6. The van der Waals surface area contributed by atoms with E-state index in [1.54, 1.807) is 17.3 Å². The molecule has 3 rings (SSSR count). The monoisotopic (exact) mass is 316 g/mol. The third kappa shape index (κ3) is 3.26. The summed E-state index contributed by atoms with van der Waals surface area (Å²) in [6.07, 6.45) is 4.42. The second kappa shape index (κ2) is 6.66. The molecule has 0 radical (unpaired) electrons. The van der Waals surface area contributed by atoms with E-state index in [-0.39, 0.29) is 5.82 Å². The van der Waals surface area contributed by atoms with Crippen LogP contribution in [0.2, 0.25) is 0 Å². The number of aliphatic hydroxyl groups is 1. The van der Waals surface area contributed by atoms with E-state index in [0.717, 1.165) is 12.0 Å². The summed E-state index contributed by atoms with van der Waals surface area (Å²) in [6, 6.07) is 3.68. The average molecular weight is 316 g/mol. The number of imidazole rings is 1. The molecule has 0 aliphatic rings. The topological polar surface area (TPSA) is 90.8 Å². The van der Waals surface area contributed by atoms with Crippen LogP contribution in [0.1, 0.15) is 25.3 Å². The molecule has 0 aliphatic heterocycles. The van der Waals surface area contributed by atoms with Crippen molar-refractivity contribution in [2.45, 2.75) is 32.5 Å². The van der Waals surface area contributed by atoms with Crippen LogP contribution in [0.25, 0.3) is 11.2 Å². The first-order chi connectivity index (χ1) is 11.2. The maximum absolute atomic E-state index is 13.7. The maximum Gasteiger partial charge on any atom is 0.312 e. The first kappa shape index (κ1) is 15.3. The van der Waals surface area contributed by atoms with Crippen molar-refractivity contribution in [3.8, 4) is 0 Å². The predicted molar refractivity (Wildman–Crippen MR) is 83.0 cm³/mol. The number of hydrogen-bond acceptors (Lipinski definition) is 6. The van der Waals surface area contributed by atoms with Crippen molar-refractivity contribution in [2.24, 2.45) is 0 Å². The van der Waals surface area contributed by atoms with Crippen LogP contribution in [0.15, 0.2) is 30.9 Å². The van der Waals surface area contributed by atoms with Gasteiger partial charge < -0.3 is 15.0 Å². The fourth-order valence-electron chi connectivity index (χ4n) is 2.41. The second-order valence-electron chi connectivity index (χ2n) is 5.17. The van der Waals surface area contributed by atoms with Crippen LogP contribution in [0.5, 0.6) is 0 Å². The molecular formula is C15H17FN6O. The van der Waals surface area contributed by atoms with Gasteiger partial charge in [0, 0.05) is 18.9 Å². The first-order valence-corrected chi connectivity index (χ1v) is 7.39. The summed E-state index contributed by atoms with van der Waals surface area (Å²) in [5.74, 6) is 0.270. The first-order valence-electron chi connectivity index (χ1n) is 7.39. The number of halogens is 1. The van der Waals surface area contributed by atoms with E-state index in [4.69, 9.17) is 0 Å². The number of H-pyrrole nitrogens is 1. The Labute approximate surface area is 132 Å². The third-order valence-electron chi connectivity index (χ3n) is 3.51. The van der Waals surface area contributed by atoms with Gasteiger partial charge in [0.2, 0.25) is 0 Å². The Kier molecular flexibility index (Phi) is 4.42. The van der Waals surface area contributed by atoms with Crippen LogP contribution in [0.3, 0.4) is 0 Å². The number of aromatic nitrogens is 5. The molecular weight excluding hydrogens is 299 g/mol. The molecule has 0 amide bonds. The van der Waals surface area contributed by atoms with Crippen molar-refractivity contribution in [3.63, 3.8) is 0 Å². The Morgan fingerprint density at radius 2 is 2.09 bits per heavy atom. The molecule has 1 unspecified atom stereocenters. The van der Waals surface area contributed by atoms with Gasteiger partial charge >= 0.3 is 6.08 Å². The van der Waals surface area contributed by atoms with Gasteiger partial charge in [0.1, 0.15) is 6.23 Å². The van der Waals surface area contributed by atoms with Crippen LogP contribution >= 0.6 is 0 Å². The molecule has 0 fully saturated rings. The molecule has 0 saturated heterocycles. The lowest BCUT2D eigenvalue weighted by Crippen LogP contribution is -2.35. The van der Waals surface area contributed by atoms with Crippen molar-refractivity contribution >= 4 is 17.0 Å². The van der Waals surface area contributed by atoms with E-state index in [1.165, 1.54) is 6.33 Å². The molecule has 0 aliphatic carbocycles. The molecule has 3 aromatic heterocycles. The second-order valence-corrected chi connectivity index (χ2v) is 5.17. The molecule has 3 heterocycles. The number of hydrogen-bond donors (Lipinski definition) is 2. The summed E-state index contributed by atoms with van der Waals surface area (Å²) < 4.78 is 13.7. The van der Waals surface area contributed by atoms with E-state index in [0.29, 0.717) is 24.1 Å². The SMILES string of the molecule is CCCC(O)N(Cc1ccncc1)c1nc(F)nc2[nH]cnc12. The highest BCUT2D eigenvalue weighted by Gasteiger charge is 2.22. The molecule has 120 valence electrons. The van der Waals surface area contributed by atoms with E-state index in [1.807, 2.05) is 19.1 Å². The number of aliphatic hydroxyl groups excluding tert-OH is 1. The minimum atomic E-state index is -0.861. The highest BCUT2D eigenvalue weighted by atomic mass is 19.1. The molecule has 0 saturated carbocycles. The van der Waals surface area contributed by atoms with Crippen LogP contribution in [-0.4, -0.2) is 36.3 Å². The minimum Gasteiger partial charge on any atom is -0.374 e. The summed E-state index contributed by atoms with van der Waals surface area (Å²) in [4.78, 5) is 20.1. The molecule has 7 nitrogen and oxygen atoms in total. The van der Waals surface area contributed by atoms with Crippen molar-refractivity contribution in [3.05, 3.63) is 42.5 Å². The van der Waals surface area contributed by atoms with Gasteiger partial charge in [-0.15, -0.1) is 0 Å². The smallest absolute Gasteiger partial charge is 0.312 e. The zero-order valence-electron chi connectivity index (χ0n) is 12.6. The maximum atomic E-state index is 13.7. The minimum absolute atomic E-state index is 0.270. The summed E-state index contributed by atoms with van der Waals surface area (Å²) in [6.45, 7) is 2.33. The molecule has 0 aromatic carbocycles. The number of anilines is 1. The molecule has 23 heavy (non-hydrogen) atoms. The molecule has 8 heteroatoms. The number of nitrogens with one attached hydrogen (secondary N) is 1. The Bertz CT molecular complexity index is 778. The zero-order valence-corrected chi connectivity index (χ0v) is 12.6. The van der Waals surface area contributed by atoms with E-state index in [9.17, 15) is 9.50 Å². The Morgan fingerprint density at radius 3 is 2.83 bits per heavy atom. The van der Waals surface area contributed by atoms with Crippen molar-refractivity contribution in [1.82, 2.24) is 24.9 Å². The molecule has 0 bridgehead atoms. The van der Waals surface area contributed by atoms with Crippen LogP contribution in [-0.2, 0) is 6.54 Å². The fourth-order valence-corrected chi connectivity index (χ4v) is 2.41. The van der Waals surface area contributed by atoms with Gasteiger partial charge in [-0.05, 0) is 24.1 Å².